The minimum absolute atomic E-state index is 0.179. The number of hydrogen-bond acceptors (Lipinski definition) is 3. The van der Waals surface area contributed by atoms with Crippen LogP contribution in [0.2, 0.25) is 0 Å². The van der Waals surface area contributed by atoms with Gasteiger partial charge in [0.05, 0.1) is 0 Å². The number of nitrogens with one attached hydrogen (secondary N) is 1. The van der Waals surface area contributed by atoms with Crippen LogP contribution in [0.5, 0.6) is 11.5 Å². The monoisotopic (exact) mass is 325 g/mol. The first-order valence-corrected chi connectivity index (χ1v) is 8.01. The molecule has 0 saturated heterocycles. The molecule has 0 spiro atoms. The van der Waals surface area contributed by atoms with Crippen LogP contribution in [0.15, 0.2) is 61.2 Å². The number of anilines is 1. The third kappa shape index (κ3) is 4.88. The van der Waals surface area contributed by atoms with Crippen molar-refractivity contribution in [2.75, 3.05) is 11.9 Å². The van der Waals surface area contributed by atoms with Gasteiger partial charge < -0.3 is 14.8 Å². The number of amides is 1. The third-order valence-electron chi connectivity index (χ3n) is 3.50. The first kappa shape index (κ1) is 17.6. The Hall–Kier alpha value is -2.75. The molecule has 0 aromatic heterocycles. The van der Waals surface area contributed by atoms with Crippen LogP contribution in [0.1, 0.15) is 18.9 Å². The van der Waals surface area contributed by atoms with E-state index in [9.17, 15) is 4.79 Å². The van der Waals surface area contributed by atoms with Crippen LogP contribution >= 0.6 is 0 Å². The van der Waals surface area contributed by atoms with Crippen molar-refractivity contribution in [3.05, 3.63) is 66.7 Å². The van der Waals surface area contributed by atoms with Gasteiger partial charge in [0.1, 0.15) is 18.1 Å². The van der Waals surface area contributed by atoms with Crippen LogP contribution in [0, 0.1) is 6.92 Å². The Morgan fingerprint density at radius 3 is 2.75 bits per heavy atom. The van der Waals surface area contributed by atoms with Gasteiger partial charge >= 0.3 is 0 Å². The number of benzene rings is 2. The maximum absolute atomic E-state index is 12.5. The Labute approximate surface area is 143 Å². The van der Waals surface area contributed by atoms with E-state index < -0.39 is 6.10 Å². The Kier molecular flexibility index (Phi) is 6.43. The average molecular weight is 325 g/mol. The number of hydrogen-bond donors (Lipinski definition) is 1. The maximum atomic E-state index is 12.5. The Morgan fingerprint density at radius 2 is 2.04 bits per heavy atom. The Balaban J connectivity index is 2.04. The van der Waals surface area contributed by atoms with Gasteiger partial charge in [-0.05, 0) is 37.1 Å². The molecule has 0 saturated carbocycles. The van der Waals surface area contributed by atoms with E-state index in [1.807, 2.05) is 56.3 Å². The highest BCUT2D eigenvalue weighted by Crippen LogP contribution is 2.21. The van der Waals surface area contributed by atoms with Crippen LogP contribution in [0.25, 0.3) is 0 Å². The molecule has 1 amide bonds. The SMILES string of the molecule is C=CCOc1cccc(NC(=O)[C@@H](CC)Oc2ccccc2C)c1. The molecule has 0 aliphatic rings. The van der Waals surface area contributed by atoms with E-state index in [4.69, 9.17) is 9.47 Å². The molecule has 0 heterocycles. The zero-order valence-corrected chi connectivity index (χ0v) is 14.1. The average Bonchev–Trinajstić information content (AvgIpc) is 2.59. The summed E-state index contributed by atoms with van der Waals surface area (Å²) in [7, 11) is 0. The zero-order valence-electron chi connectivity index (χ0n) is 14.1. The molecular weight excluding hydrogens is 302 g/mol. The van der Waals surface area contributed by atoms with E-state index in [0.29, 0.717) is 24.5 Å². The molecule has 0 radical (unpaired) electrons. The first-order valence-electron chi connectivity index (χ1n) is 8.01. The van der Waals surface area contributed by atoms with Crippen molar-refractivity contribution >= 4 is 11.6 Å². The molecule has 24 heavy (non-hydrogen) atoms. The molecule has 2 aromatic rings. The second-order valence-corrected chi connectivity index (χ2v) is 5.40. The molecule has 2 aromatic carbocycles. The van der Waals surface area contributed by atoms with Crippen molar-refractivity contribution in [1.82, 2.24) is 0 Å². The first-order chi connectivity index (χ1) is 11.6. The third-order valence-corrected chi connectivity index (χ3v) is 3.50. The lowest BCUT2D eigenvalue weighted by Crippen LogP contribution is -2.32. The molecule has 1 N–H and O–H groups in total. The predicted octanol–water partition coefficient (Wildman–Crippen LogP) is 4.36. The number of carbonyl (C=O) groups excluding carboxylic acids is 1. The number of carbonyl (C=O) groups is 1. The van der Waals surface area contributed by atoms with E-state index in [1.54, 1.807) is 12.1 Å². The van der Waals surface area contributed by atoms with E-state index in [-0.39, 0.29) is 5.91 Å². The van der Waals surface area contributed by atoms with Crippen molar-refractivity contribution in [2.45, 2.75) is 26.4 Å². The van der Waals surface area contributed by atoms with Gasteiger partial charge in [-0.3, -0.25) is 4.79 Å². The molecule has 0 aliphatic carbocycles. The molecule has 0 bridgehead atoms. The quantitative estimate of drug-likeness (QED) is 0.734. The van der Waals surface area contributed by atoms with Gasteiger partial charge in [-0.25, -0.2) is 0 Å². The Morgan fingerprint density at radius 1 is 1.25 bits per heavy atom. The summed E-state index contributed by atoms with van der Waals surface area (Å²) in [5.41, 5.74) is 1.68. The van der Waals surface area contributed by atoms with Gasteiger partial charge in [0.15, 0.2) is 6.10 Å². The van der Waals surface area contributed by atoms with Gasteiger partial charge in [0.2, 0.25) is 0 Å². The highest BCUT2D eigenvalue weighted by atomic mass is 16.5. The standard InChI is InChI=1S/C20H23NO3/c1-4-13-23-17-11-8-10-16(14-17)21-20(22)18(5-2)24-19-12-7-6-9-15(19)3/h4,6-12,14,18H,1,5,13H2,2-3H3,(H,21,22)/t18-/m1/s1. The van der Waals surface area contributed by atoms with Gasteiger partial charge in [-0.2, -0.15) is 0 Å². The summed E-state index contributed by atoms with van der Waals surface area (Å²) in [6.07, 6.45) is 1.70. The normalized spacial score (nSPS) is 11.4. The van der Waals surface area contributed by atoms with Crippen molar-refractivity contribution < 1.29 is 14.3 Å². The lowest BCUT2D eigenvalue weighted by molar-refractivity contribution is -0.122. The highest BCUT2D eigenvalue weighted by molar-refractivity contribution is 5.94. The lowest BCUT2D eigenvalue weighted by atomic mass is 10.2. The van der Waals surface area contributed by atoms with Crippen molar-refractivity contribution in [2.24, 2.45) is 0 Å². The maximum Gasteiger partial charge on any atom is 0.265 e. The minimum atomic E-state index is -0.552. The van der Waals surface area contributed by atoms with E-state index in [0.717, 1.165) is 11.3 Å². The number of aryl methyl sites for hydroxylation is 1. The number of ether oxygens (including phenoxy) is 2. The van der Waals surface area contributed by atoms with Gasteiger partial charge in [0, 0.05) is 11.8 Å². The van der Waals surface area contributed by atoms with Crippen LogP contribution in [-0.2, 0) is 4.79 Å². The summed E-state index contributed by atoms with van der Waals surface area (Å²) in [6.45, 7) is 7.92. The number of rotatable bonds is 8. The fraction of sp³-hybridized carbons (Fsp3) is 0.250. The molecule has 4 nitrogen and oxygen atoms in total. The summed E-state index contributed by atoms with van der Waals surface area (Å²) in [4.78, 5) is 12.5. The van der Waals surface area contributed by atoms with Gasteiger partial charge in [0.25, 0.3) is 5.91 Å². The second-order valence-electron chi connectivity index (χ2n) is 5.40. The largest absolute Gasteiger partial charge is 0.489 e. The molecule has 2 rings (SSSR count). The van der Waals surface area contributed by atoms with E-state index >= 15 is 0 Å². The summed E-state index contributed by atoms with van der Waals surface area (Å²) in [5.74, 6) is 1.23. The predicted molar refractivity (Wildman–Crippen MR) is 96.6 cm³/mol. The topological polar surface area (TPSA) is 47.6 Å². The molecule has 0 unspecified atom stereocenters. The molecular formula is C20H23NO3. The minimum Gasteiger partial charge on any atom is -0.489 e. The molecule has 0 aliphatic heterocycles. The van der Waals surface area contributed by atoms with Gasteiger partial charge in [-0.1, -0.05) is 43.8 Å². The summed E-state index contributed by atoms with van der Waals surface area (Å²) < 4.78 is 11.3. The lowest BCUT2D eigenvalue weighted by Gasteiger charge is -2.18. The summed E-state index contributed by atoms with van der Waals surface area (Å²) >= 11 is 0. The molecule has 4 heteroatoms. The number of para-hydroxylation sites is 1. The molecule has 0 fully saturated rings. The van der Waals surface area contributed by atoms with Crippen LogP contribution in [0.4, 0.5) is 5.69 Å². The van der Waals surface area contributed by atoms with Crippen molar-refractivity contribution in [3.8, 4) is 11.5 Å². The van der Waals surface area contributed by atoms with Gasteiger partial charge in [-0.15, -0.1) is 0 Å². The second kappa shape index (κ2) is 8.77. The molecule has 1 atom stereocenters. The summed E-state index contributed by atoms with van der Waals surface area (Å²) in [5, 5.41) is 2.88. The Bertz CT molecular complexity index is 697. The molecule has 126 valence electrons. The van der Waals surface area contributed by atoms with E-state index in [1.165, 1.54) is 0 Å². The summed E-state index contributed by atoms with van der Waals surface area (Å²) in [6, 6.07) is 14.9. The zero-order chi connectivity index (χ0) is 17.4. The van der Waals surface area contributed by atoms with Crippen LogP contribution < -0.4 is 14.8 Å². The highest BCUT2D eigenvalue weighted by Gasteiger charge is 2.19. The van der Waals surface area contributed by atoms with E-state index in [2.05, 4.69) is 11.9 Å². The fourth-order valence-corrected chi connectivity index (χ4v) is 2.21. The van der Waals surface area contributed by atoms with Crippen molar-refractivity contribution in [3.63, 3.8) is 0 Å². The van der Waals surface area contributed by atoms with Crippen LogP contribution in [0.3, 0.4) is 0 Å². The van der Waals surface area contributed by atoms with Crippen LogP contribution in [-0.4, -0.2) is 18.6 Å². The fourth-order valence-electron chi connectivity index (χ4n) is 2.21. The smallest absolute Gasteiger partial charge is 0.265 e. The van der Waals surface area contributed by atoms with Crippen molar-refractivity contribution in [1.29, 1.82) is 0 Å².